The van der Waals surface area contributed by atoms with E-state index in [0.717, 1.165) is 74.0 Å². The maximum Gasteiger partial charge on any atom is 0.254 e. The van der Waals surface area contributed by atoms with Crippen molar-refractivity contribution in [3.63, 3.8) is 0 Å². The van der Waals surface area contributed by atoms with Gasteiger partial charge in [0.25, 0.3) is 11.8 Å². The van der Waals surface area contributed by atoms with Crippen LogP contribution in [-0.4, -0.2) is 69.8 Å². The Morgan fingerprint density at radius 1 is 0.886 bits per heavy atom. The molecule has 2 aromatic heterocycles. The number of aryl methyl sites for hydroxylation is 1. The number of aromatic nitrogens is 3. The van der Waals surface area contributed by atoms with Gasteiger partial charge in [-0.2, -0.15) is 0 Å². The van der Waals surface area contributed by atoms with Crippen LogP contribution in [0.15, 0.2) is 73.1 Å². The molecule has 1 fully saturated rings. The Kier molecular flexibility index (Phi) is 6.74. The molecule has 9 nitrogen and oxygen atoms in total. The van der Waals surface area contributed by atoms with Crippen LogP contribution in [0.25, 0.3) is 43.8 Å². The first-order chi connectivity index (χ1) is 21.3. The average molecular weight is 584 g/mol. The first-order valence-electron chi connectivity index (χ1n) is 14.7. The molecule has 0 atom stereocenters. The van der Waals surface area contributed by atoms with E-state index in [0.29, 0.717) is 29.7 Å². The Hall–Kier alpha value is -5.28. The number of hydrogen-bond acceptors (Lipinski definition) is 6. The number of carbonyl (C=O) groups is 2. The summed E-state index contributed by atoms with van der Waals surface area (Å²) in [6.45, 7) is 7.23. The second-order valence-corrected chi connectivity index (χ2v) is 11.6. The van der Waals surface area contributed by atoms with Gasteiger partial charge in [-0.25, -0.2) is 9.97 Å². The zero-order chi connectivity index (χ0) is 30.5. The second kappa shape index (κ2) is 10.8. The number of hydrogen-bond donors (Lipinski definition) is 3. The monoisotopic (exact) mass is 583 g/mol. The number of piperazine rings is 1. The van der Waals surface area contributed by atoms with Crippen molar-refractivity contribution in [3.8, 4) is 11.1 Å². The van der Waals surface area contributed by atoms with Crippen molar-refractivity contribution in [2.45, 2.75) is 13.8 Å². The SMILES string of the molecule is Cc1ccc2ncnc(Nc3cccc(-c4ccc(C(N)=O)c5[nH]c6cc(C(=O)N7CCN(C)CC7)ccc6c45)c3C)c2c1. The molecular weight excluding hydrogens is 550 g/mol. The fourth-order valence-corrected chi connectivity index (χ4v) is 6.23. The van der Waals surface area contributed by atoms with E-state index in [1.165, 1.54) is 0 Å². The highest BCUT2D eigenvalue weighted by Gasteiger charge is 2.23. The minimum Gasteiger partial charge on any atom is -0.366 e. The summed E-state index contributed by atoms with van der Waals surface area (Å²) in [5, 5.41) is 6.29. The standard InChI is InChI=1S/C35H33N7O2/c1-20-7-12-29-27(17-20)34(38-19-37-29)40-28-6-4-5-23(21(28)2)24-10-11-26(33(36)43)32-31(24)25-9-8-22(18-30(25)39-32)35(44)42-15-13-41(3)14-16-42/h4-12,17-19,39H,13-16H2,1-3H3,(H2,36,43)(H,37,38,40). The van der Waals surface area contributed by atoms with Crippen molar-refractivity contribution in [3.05, 3.63) is 95.3 Å². The lowest BCUT2D eigenvalue weighted by molar-refractivity contribution is 0.0664. The van der Waals surface area contributed by atoms with E-state index < -0.39 is 5.91 Å². The van der Waals surface area contributed by atoms with Crippen LogP contribution >= 0.6 is 0 Å². The van der Waals surface area contributed by atoms with Crippen molar-refractivity contribution in [2.24, 2.45) is 5.73 Å². The van der Waals surface area contributed by atoms with E-state index in [2.05, 4.69) is 58.2 Å². The van der Waals surface area contributed by atoms with Crippen LogP contribution in [0.4, 0.5) is 11.5 Å². The fraction of sp³-hybridized carbons (Fsp3) is 0.200. The normalized spacial score (nSPS) is 14.0. The van der Waals surface area contributed by atoms with Gasteiger partial charge >= 0.3 is 0 Å². The number of amides is 2. The third-order valence-electron chi connectivity index (χ3n) is 8.72. The molecule has 1 saturated heterocycles. The summed E-state index contributed by atoms with van der Waals surface area (Å²) < 4.78 is 0. The van der Waals surface area contributed by atoms with E-state index in [1.54, 1.807) is 12.4 Å². The number of fused-ring (bicyclic) bond motifs is 4. The van der Waals surface area contributed by atoms with Gasteiger partial charge in [-0.15, -0.1) is 0 Å². The van der Waals surface area contributed by atoms with Gasteiger partial charge in [0, 0.05) is 59.1 Å². The molecule has 0 spiro atoms. The van der Waals surface area contributed by atoms with Crippen LogP contribution < -0.4 is 11.1 Å². The van der Waals surface area contributed by atoms with Crippen LogP contribution in [0.2, 0.25) is 0 Å². The Bertz CT molecular complexity index is 2110. The fourth-order valence-electron chi connectivity index (χ4n) is 6.23. The maximum atomic E-state index is 13.4. The topological polar surface area (TPSA) is 120 Å². The summed E-state index contributed by atoms with van der Waals surface area (Å²) in [5.74, 6) is 0.230. The van der Waals surface area contributed by atoms with E-state index in [1.807, 2.05) is 53.4 Å². The molecule has 2 amide bonds. The van der Waals surface area contributed by atoms with E-state index in [-0.39, 0.29) is 5.91 Å². The van der Waals surface area contributed by atoms with Crippen LogP contribution in [0.1, 0.15) is 31.8 Å². The Labute approximate surface area is 254 Å². The first kappa shape index (κ1) is 27.5. The Morgan fingerprint density at radius 2 is 1.70 bits per heavy atom. The lowest BCUT2D eigenvalue weighted by atomic mass is 9.93. The molecule has 3 heterocycles. The molecule has 0 radical (unpaired) electrons. The van der Waals surface area contributed by atoms with Crippen LogP contribution in [0, 0.1) is 13.8 Å². The Balaban J connectivity index is 1.34. The van der Waals surface area contributed by atoms with E-state index >= 15 is 0 Å². The maximum absolute atomic E-state index is 13.4. The molecule has 6 aromatic rings. The van der Waals surface area contributed by atoms with Gasteiger partial charge in [0.2, 0.25) is 0 Å². The third-order valence-corrected chi connectivity index (χ3v) is 8.72. The highest BCUT2D eigenvalue weighted by atomic mass is 16.2. The van der Waals surface area contributed by atoms with Gasteiger partial charge in [-0.1, -0.05) is 35.9 Å². The lowest BCUT2D eigenvalue weighted by Gasteiger charge is -2.32. The van der Waals surface area contributed by atoms with E-state index in [4.69, 9.17) is 5.73 Å². The number of nitrogens with zero attached hydrogens (tertiary/aromatic N) is 4. The molecular formula is C35H33N7O2. The van der Waals surface area contributed by atoms with Crippen LogP contribution in [-0.2, 0) is 0 Å². The quantitative estimate of drug-likeness (QED) is 0.237. The molecule has 4 N–H and O–H groups in total. The van der Waals surface area contributed by atoms with Gasteiger partial charge in [0.15, 0.2) is 0 Å². The largest absolute Gasteiger partial charge is 0.366 e. The summed E-state index contributed by atoms with van der Waals surface area (Å²) in [5.41, 5.74) is 14.2. The Morgan fingerprint density at radius 3 is 2.50 bits per heavy atom. The van der Waals surface area contributed by atoms with Gasteiger partial charge < -0.3 is 25.8 Å². The van der Waals surface area contributed by atoms with Crippen molar-refractivity contribution < 1.29 is 9.59 Å². The van der Waals surface area contributed by atoms with Gasteiger partial charge in [0.05, 0.1) is 16.6 Å². The highest BCUT2D eigenvalue weighted by Crippen LogP contribution is 2.40. The number of H-pyrrole nitrogens is 1. The zero-order valence-corrected chi connectivity index (χ0v) is 24.9. The molecule has 220 valence electrons. The summed E-state index contributed by atoms with van der Waals surface area (Å²) in [4.78, 5) is 42.4. The third kappa shape index (κ3) is 4.71. The summed E-state index contributed by atoms with van der Waals surface area (Å²) in [6, 6.07) is 21.7. The molecule has 44 heavy (non-hydrogen) atoms. The first-order valence-corrected chi connectivity index (χ1v) is 14.7. The number of primary amides is 1. The molecule has 7 rings (SSSR count). The van der Waals surface area contributed by atoms with E-state index in [9.17, 15) is 9.59 Å². The molecule has 0 unspecified atom stereocenters. The molecule has 1 aliphatic heterocycles. The summed E-state index contributed by atoms with van der Waals surface area (Å²) >= 11 is 0. The summed E-state index contributed by atoms with van der Waals surface area (Å²) in [7, 11) is 2.07. The van der Waals surface area contributed by atoms with Gasteiger partial charge in [-0.3, -0.25) is 9.59 Å². The molecule has 0 bridgehead atoms. The van der Waals surface area contributed by atoms with Crippen molar-refractivity contribution in [1.29, 1.82) is 0 Å². The minimum absolute atomic E-state index is 0.0102. The van der Waals surface area contributed by atoms with Crippen molar-refractivity contribution >= 4 is 56.0 Å². The van der Waals surface area contributed by atoms with Crippen LogP contribution in [0.3, 0.4) is 0 Å². The second-order valence-electron chi connectivity index (χ2n) is 11.6. The predicted molar refractivity (Wildman–Crippen MR) is 175 cm³/mol. The average Bonchev–Trinajstić information content (AvgIpc) is 3.41. The molecule has 1 aliphatic rings. The summed E-state index contributed by atoms with van der Waals surface area (Å²) in [6.07, 6.45) is 1.57. The smallest absolute Gasteiger partial charge is 0.254 e. The molecule has 0 saturated carbocycles. The lowest BCUT2D eigenvalue weighted by Crippen LogP contribution is -2.47. The van der Waals surface area contributed by atoms with Crippen molar-refractivity contribution in [1.82, 2.24) is 24.8 Å². The van der Waals surface area contributed by atoms with Crippen molar-refractivity contribution in [2.75, 3.05) is 38.5 Å². The number of rotatable bonds is 5. The number of carbonyl (C=O) groups excluding carboxylic acids is 2. The van der Waals surface area contributed by atoms with Crippen LogP contribution in [0.5, 0.6) is 0 Å². The van der Waals surface area contributed by atoms with Gasteiger partial charge in [0.1, 0.15) is 12.1 Å². The number of nitrogens with two attached hydrogens (primary N) is 1. The zero-order valence-electron chi connectivity index (χ0n) is 24.9. The number of benzene rings is 4. The predicted octanol–water partition coefficient (Wildman–Crippen LogP) is 5.78. The number of likely N-dealkylation sites (N-methyl/N-ethyl adjacent to an activating group) is 1. The van der Waals surface area contributed by atoms with Gasteiger partial charge in [-0.05, 0) is 74.0 Å². The molecule has 9 heteroatoms. The number of aromatic amines is 1. The molecule has 4 aromatic carbocycles. The number of anilines is 2. The number of nitrogens with one attached hydrogen (secondary N) is 2. The highest BCUT2D eigenvalue weighted by molar-refractivity contribution is 6.20. The minimum atomic E-state index is -0.514. The molecule has 0 aliphatic carbocycles.